The molecule has 0 heterocycles. The number of nitrogens with zero attached hydrogens (tertiary/aromatic N) is 1. The molecule has 0 aromatic rings. The van der Waals surface area contributed by atoms with Crippen LogP contribution in [0.3, 0.4) is 0 Å². The average molecular weight is 481 g/mol. The fourth-order valence-electron chi connectivity index (χ4n) is 0.582. The van der Waals surface area contributed by atoms with Crippen molar-refractivity contribution in [3.63, 3.8) is 0 Å². The molecule has 0 spiro atoms. The van der Waals surface area contributed by atoms with Gasteiger partial charge in [0.15, 0.2) is 0 Å². The van der Waals surface area contributed by atoms with Crippen LogP contribution in [0.2, 0.25) is 0 Å². The predicted octanol–water partition coefficient (Wildman–Crippen LogP) is 3.07. The SMILES string of the molecule is CCN(CC)[Si](I)(I)I. The van der Waals surface area contributed by atoms with Gasteiger partial charge >= 0.3 is 0.725 Å². The topological polar surface area (TPSA) is 3.24 Å². The first-order valence-corrected chi connectivity index (χ1v) is 14.1. The lowest BCUT2D eigenvalue weighted by atomic mass is 10.7. The minimum absolute atomic E-state index is 1.04. The highest BCUT2D eigenvalue weighted by molar-refractivity contribution is 14.4. The molecule has 0 atom stereocenters. The molecule has 9 heavy (non-hydrogen) atoms. The fourth-order valence-corrected chi connectivity index (χ4v) is 7.44. The Morgan fingerprint density at radius 2 is 1.44 bits per heavy atom. The molecule has 56 valence electrons. The van der Waals surface area contributed by atoms with E-state index in [9.17, 15) is 0 Å². The third-order valence-electron chi connectivity index (χ3n) is 1.12. The van der Waals surface area contributed by atoms with E-state index in [0.29, 0.717) is 0 Å². The zero-order valence-corrected chi connectivity index (χ0v) is 13.0. The van der Waals surface area contributed by atoms with Crippen molar-refractivity contribution < 1.29 is 0 Å². The summed E-state index contributed by atoms with van der Waals surface area (Å²) in [6.07, 6.45) is 0. The zero-order chi connectivity index (χ0) is 7.49. The molecule has 0 amide bonds. The van der Waals surface area contributed by atoms with Crippen molar-refractivity contribution >= 4 is 66.1 Å². The maximum atomic E-state index is 2.58. The number of halogens is 3. The molecule has 0 aromatic heterocycles. The van der Waals surface area contributed by atoms with Gasteiger partial charge in [0.1, 0.15) is 0 Å². The Kier molecular flexibility index (Phi) is 6.43. The van der Waals surface area contributed by atoms with Crippen molar-refractivity contribution in [2.45, 2.75) is 13.8 Å². The van der Waals surface area contributed by atoms with E-state index in [4.69, 9.17) is 0 Å². The Morgan fingerprint density at radius 1 is 1.11 bits per heavy atom. The van der Waals surface area contributed by atoms with Crippen LogP contribution in [-0.4, -0.2) is 18.4 Å². The van der Waals surface area contributed by atoms with E-state index < -0.39 is 0.725 Å². The van der Waals surface area contributed by atoms with Crippen LogP contribution in [0.4, 0.5) is 0 Å². The monoisotopic (exact) mass is 481 g/mol. The molecule has 0 saturated heterocycles. The summed E-state index contributed by atoms with van der Waals surface area (Å²) in [5.74, 6) is 0. The molecule has 0 bridgehead atoms. The van der Waals surface area contributed by atoms with Gasteiger partial charge in [0.25, 0.3) is 0 Å². The van der Waals surface area contributed by atoms with E-state index in [-0.39, 0.29) is 0 Å². The second kappa shape index (κ2) is 5.09. The molecule has 1 nitrogen and oxygen atoms in total. The molecule has 0 rings (SSSR count). The van der Waals surface area contributed by atoms with Gasteiger partial charge < -0.3 is 4.57 Å². The highest BCUT2D eigenvalue weighted by Crippen LogP contribution is 2.32. The van der Waals surface area contributed by atoms with Crippen molar-refractivity contribution in [2.75, 3.05) is 13.1 Å². The molecule has 5 heteroatoms. The van der Waals surface area contributed by atoms with Gasteiger partial charge in [-0.05, 0) is 13.1 Å². The third-order valence-corrected chi connectivity index (χ3v) is 8.61. The molecular formula is C4H10I3NSi. The highest BCUT2D eigenvalue weighted by atomic mass is 127. The Labute approximate surface area is 96.1 Å². The quantitative estimate of drug-likeness (QED) is 0.341. The van der Waals surface area contributed by atoms with Crippen LogP contribution >= 0.6 is 65.4 Å². The van der Waals surface area contributed by atoms with Gasteiger partial charge in [-0.15, -0.1) is 0 Å². The molecule has 0 radical (unpaired) electrons. The Morgan fingerprint density at radius 3 is 1.44 bits per heavy atom. The standard InChI is InChI=1S/C4H10I3NSi/c1-3-8(4-2)9(5,6)7/h3-4H2,1-2H3. The first-order chi connectivity index (χ1) is 4.02. The lowest BCUT2D eigenvalue weighted by Crippen LogP contribution is -2.37. The van der Waals surface area contributed by atoms with Crippen molar-refractivity contribution in [1.29, 1.82) is 0 Å². The van der Waals surface area contributed by atoms with Crippen molar-refractivity contribution in [3.8, 4) is 0 Å². The largest absolute Gasteiger partial charge is 0.329 e. The van der Waals surface area contributed by atoms with Crippen molar-refractivity contribution in [3.05, 3.63) is 0 Å². The third kappa shape index (κ3) is 4.75. The molecule has 0 fully saturated rings. The summed E-state index contributed by atoms with van der Waals surface area (Å²) in [6.45, 7) is 6.83. The molecule has 0 unspecified atom stereocenters. The first-order valence-electron chi connectivity index (χ1n) is 2.84. The van der Waals surface area contributed by atoms with Crippen LogP contribution in [0.1, 0.15) is 13.8 Å². The smallest absolute Gasteiger partial charge is 0.301 e. The van der Waals surface area contributed by atoms with Gasteiger partial charge in [0.2, 0.25) is 0 Å². The summed E-state index contributed by atoms with van der Waals surface area (Å²) in [5, 5.41) is 0. The van der Waals surface area contributed by atoms with Gasteiger partial charge in [-0.2, -0.15) is 0 Å². The number of hydrogen-bond donors (Lipinski definition) is 0. The summed E-state index contributed by atoms with van der Waals surface area (Å²) >= 11 is 7.73. The molecule has 0 aliphatic rings. The van der Waals surface area contributed by atoms with E-state index in [1.54, 1.807) is 0 Å². The summed E-state index contributed by atoms with van der Waals surface area (Å²) in [5.41, 5.74) is 0. The van der Waals surface area contributed by atoms with E-state index in [2.05, 4.69) is 83.8 Å². The van der Waals surface area contributed by atoms with E-state index in [0.717, 1.165) is 0 Å². The lowest BCUT2D eigenvalue weighted by Gasteiger charge is -2.25. The van der Waals surface area contributed by atoms with Crippen LogP contribution in [-0.2, 0) is 0 Å². The first kappa shape index (κ1) is 11.4. The second-order valence-corrected chi connectivity index (χ2v) is 35.8. The summed E-state index contributed by atoms with van der Waals surface area (Å²) in [4.78, 5) is 0. The fraction of sp³-hybridized carbons (Fsp3) is 1.00. The maximum absolute atomic E-state index is 2.58. The van der Waals surface area contributed by atoms with Crippen LogP contribution in [0, 0.1) is 0 Å². The minimum atomic E-state index is -1.04. The summed E-state index contributed by atoms with van der Waals surface area (Å²) in [6, 6.07) is 0. The van der Waals surface area contributed by atoms with Gasteiger partial charge in [-0.1, -0.05) is 79.2 Å². The number of rotatable bonds is 3. The minimum Gasteiger partial charge on any atom is -0.301 e. The Bertz CT molecular complexity index is 78.4. The van der Waals surface area contributed by atoms with Gasteiger partial charge in [-0.25, -0.2) is 0 Å². The summed E-state index contributed by atoms with van der Waals surface area (Å²) < 4.78 is 1.49. The van der Waals surface area contributed by atoms with Gasteiger partial charge in [0, 0.05) is 0 Å². The molecule has 0 saturated carbocycles. The number of hydrogen-bond acceptors (Lipinski definition) is 1. The van der Waals surface area contributed by atoms with Crippen LogP contribution < -0.4 is 0 Å². The zero-order valence-electron chi connectivity index (χ0n) is 5.50. The van der Waals surface area contributed by atoms with Crippen LogP contribution in [0.25, 0.3) is 0 Å². The highest BCUT2D eigenvalue weighted by Gasteiger charge is 2.28. The van der Waals surface area contributed by atoms with E-state index in [1.807, 2.05) is 0 Å². The van der Waals surface area contributed by atoms with E-state index in [1.165, 1.54) is 13.1 Å². The van der Waals surface area contributed by atoms with Crippen LogP contribution in [0.15, 0.2) is 0 Å². The van der Waals surface area contributed by atoms with E-state index >= 15 is 0 Å². The van der Waals surface area contributed by atoms with Gasteiger partial charge in [-0.3, -0.25) is 0 Å². The molecule has 0 aliphatic carbocycles. The molecule has 0 aliphatic heterocycles. The molecular weight excluding hydrogens is 471 g/mol. The maximum Gasteiger partial charge on any atom is 0.329 e. The van der Waals surface area contributed by atoms with Gasteiger partial charge in [0.05, 0.1) is 0 Å². The Hall–Kier alpha value is 2.37. The Balaban J connectivity index is 3.79. The lowest BCUT2D eigenvalue weighted by molar-refractivity contribution is 0.501. The van der Waals surface area contributed by atoms with Crippen molar-refractivity contribution in [1.82, 2.24) is 4.57 Å². The average Bonchev–Trinajstić information content (AvgIpc) is 1.65. The predicted molar refractivity (Wildman–Crippen MR) is 70.7 cm³/mol. The second-order valence-electron chi connectivity index (χ2n) is 1.64. The normalized spacial score (nSPS) is 12.7. The summed E-state index contributed by atoms with van der Waals surface area (Å²) in [7, 11) is 0. The van der Waals surface area contributed by atoms with Crippen molar-refractivity contribution in [2.24, 2.45) is 0 Å². The van der Waals surface area contributed by atoms with Crippen LogP contribution in [0.5, 0.6) is 0 Å². The molecule has 0 aromatic carbocycles. The molecule has 0 N–H and O–H groups in total.